The summed E-state index contributed by atoms with van der Waals surface area (Å²) in [6.45, 7) is 10.0. The first kappa shape index (κ1) is 30.7. The number of piperazine rings is 1. The van der Waals surface area contributed by atoms with E-state index in [0.717, 1.165) is 42.0 Å². The van der Waals surface area contributed by atoms with Gasteiger partial charge in [0.25, 0.3) is 5.91 Å². The largest absolute Gasteiger partial charge is 0.475 e. The predicted octanol–water partition coefficient (Wildman–Crippen LogP) is 5.33. The maximum atomic E-state index is 14.3. The van der Waals surface area contributed by atoms with Crippen LogP contribution in [-0.4, -0.2) is 78.7 Å². The average Bonchev–Trinajstić information content (AvgIpc) is 3.42. The molecule has 1 aromatic heterocycles. The fourth-order valence-electron chi connectivity index (χ4n) is 7.24. The Morgan fingerprint density at radius 2 is 1.87 bits per heavy atom. The van der Waals surface area contributed by atoms with E-state index in [1.807, 2.05) is 26.0 Å². The van der Waals surface area contributed by atoms with Crippen LogP contribution in [0.25, 0.3) is 10.8 Å². The number of halogens is 3. The molecule has 11 heteroatoms. The summed E-state index contributed by atoms with van der Waals surface area (Å²) >= 11 is 0. The van der Waals surface area contributed by atoms with Crippen LogP contribution in [0.5, 0.6) is 5.88 Å². The molecule has 0 bridgehead atoms. The number of anilines is 2. The second-order valence-corrected chi connectivity index (χ2v) is 12.4. The molecular weight excluding hydrogens is 581 g/mol. The normalized spacial score (nSPS) is 22.0. The molecule has 2 saturated heterocycles. The highest BCUT2D eigenvalue weighted by Crippen LogP contribution is 2.40. The van der Waals surface area contributed by atoms with Crippen molar-refractivity contribution in [3.8, 4) is 11.9 Å². The Morgan fingerprint density at radius 1 is 1.13 bits per heavy atom. The number of fused-ring (bicyclic) bond motifs is 2. The number of amides is 1. The summed E-state index contributed by atoms with van der Waals surface area (Å²) in [6.07, 6.45) is 2.61. The smallest absolute Gasteiger partial charge is 0.282 e. The monoisotopic (exact) mass is 618 g/mol. The Labute approximate surface area is 261 Å². The van der Waals surface area contributed by atoms with Gasteiger partial charge in [0.15, 0.2) is 17.5 Å². The van der Waals surface area contributed by atoms with Crippen molar-refractivity contribution >= 4 is 28.1 Å². The third kappa shape index (κ3) is 5.68. The lowest BCUT2D eigenvalue weighted by Crippen LogP contribution is -2.59. The SMILES string of the molecule is C=C(F)C(=O)N1[C@H](C)CN(c2c(C#N)c(OCC3CCCN3C)nc3c2CCN(c2cccc4cc(F)c(F)cc24)C3)C[C@@H]1C. The number of hydrogen-bond acceptors (Lipinski definition) is 7. The van der Waals surface area contributed by atoms with E-state index in [2.05, 4.69) is 34.4 Å². The minimum Gasteiger partial charge on any atom is -0.475 e. The molecule has 0 radical (unpaired) electrons. The Bertz CT molecular complexity index is 1700. The number of hydrogen-bond donors (Lipinski definition) is 0. The lowest BCUT2D eigenvalue weighted by atomic mass is 9.96. The van der Waals surface area contributed by atoms with Gasteiger partial charge < -0.3 is 24.3 Å². The quantitative estimate of drug-likeness (QED) is 0.346. The first-order valence-corrected chi connectivity index (χ1v) is 15.4. The maximum absolute atomic E-state index is 14.3. The summed E-state index contributed by atoms with van der Waals surface area (Å²) in [7, 11) is 2.06. The van der Waals surface area contributed by atoms with Gasteiger partial charge in [-0.15, -0.1) is 0 Å². The van der Waals surface area contributed by atoms with Gasteiger partial charge in [-0.3, -0.25) is 4.79 Å². The molecule has 2 aromatic carbocycles. The van der Waals surface area contributed by atoms with Crippen molar-refractivity contribution in [1.82, 2.24) is 14.8 Å². The topological polar surface area (TPSA) is 75.9 Å². The van der Waals surface area contributed by atoms with Crippen LogP contribution in [0.15, 0.2) is 42.7 Å². The number of rotatable bonds is 6. The van der Waals surface area contributed by atoms with Gasteiger partial charge in [0.1, 0.15) is 18.2 Å². The number of likely N-dealkylation sites (N-methyl/N-ethyl adjacent to an activating group) is 1. The molecule has 3 aliphatic rings. The molecule has 45 heavy (non-hydrogen) atoms. The van der Waals surface area contributed by atoms with Crippen molar-refractivity contribution in [2.75, 3.05) is 49.6 Å². The van der Waals surface area contributed by atoms with Gasteiger partial charge in [0.05, 0.1) is 17.9 Å². The number of likely N-dealkylation sites (tertiary alicyclic amines) is 1. The third-order valence-corrected chi connectivity index (χ3v) is 9.43. The maximum Gasteiger partial charge on any atom is 0.282 e. The first-order chi connectivity index (χ1) is 21.6. The highest BCUT2D eigenvalue weighted by molar-refractivity contribution is 5.94. The molecule has 0 aliphatic carbocycles. The van der Waals surface area contributed by atoms with Crippen molar-refractivity contribution in [2.45, 2.75) is 57.8 Å². The zero-order valence-corrected chi connectivity index (χ0v) is 25.8. The fraction of sp³-hybridized carbons (Fsp3) is 0.441. The zero-order chi connectivity index (χ0) is 32.0. The lowest BCUT2D eigenvalue weighted by molar-refractivity contribution is -0.133. The molecule has 236 valence electrons. The van der Waals surface area contributed by atoms with E-state index in [4.69, 9.17) is 9.72 Å². The second kappa shape index (κ2) is 12.2. The Balaban J connectivity index is 1.40. The summed E-state index contributed by atoms with van der Waals surface area (Å²) in [5.74, 6) is -3.26. The third-order valence-electron chi connectivity index (χ3n) is 9.43. The minimum absolute atomic E-state index is 0.212. The van der Waals surface area contributed by atoms with E-state index < -0.39 is 23.4 Å². The average molecular weight is 619 g/mol. The van der Waals surface area contributed by atoms with Crippen molar-refractivity contribution in [1.29, 1.82) is 5.26 Å². The number of nitrogens with zero attached hydrogens (tertiary/aromatic N) is 6. The van der Waals surface area contributed by atoms with Gasteiger partial charge >= 0.3 is 0 Å². The van der Waals surface area contributed by atoms with Crippen LogP contribution >= 0.6 is 0 Å². The van der Waals surface area contributed by atoms with Crippen LogP contribution in [0.1, 0.15) is 43.5 Å². The molecule has 3 aromatic rings. The van der Waals surface area contributed by atoms with E-state index in [1.54, 1.807) is 6.07 Å². The van der Waals surface area contributed by atoms with Crippen LogP contribution in [0.4, 0.5) is 24.5 Å². The van der Waals surface area contributed by atoms with Crippen LogP contribution in [0, 0.1) is 23.0 Å². The van der Waals surface area contributed by atoms with E-state index in [0.29, 0.717) is 55.5 Å². The van der Waals surface area contributed by atoms with Crippen molar-refractivity contribution in [3.63, 3.8) is 0 Å². The van der Waals surface area contributed by atoms with Crippen LogP contribution in [-0.2, 0) is 17.8 Å². The number of carbonyl (C=O) groups is 1. The standard InChI is InChI=1S/C34H37F3N6O2/c1-20-16-42(17-21(2)43(20)34(44)22(3)35)32-25-10-12-41(31-9-5-7-23-13-28(36)29(37)14-26(23)31)18-30(25)39-33(27(32)15-38)45-19-24-8-6-11-40(24)4/h5,7,9,13-14,20-21,24H,3,6,8,10-12,16-19H2,1-2,4H3/t20-,21+,24?. The molecule has 0 saturated carbocycles. The fourth-order valence-corrected chi connectivity index (χ4v) is 7.24. The van der Waals surface area contributed by atoms with Crippen LogP contribution in [0.2, 0.25) is 0 Å². The van der Waals surface area contributed by atoms with Crippen molar-refractivity contribution in [2.24, 2.45) is 0 Å². The molecule has 2 fully saturated rings. The van der Waals surface area contributed by atoms with Gasteiger partial charge in [-0.1, -0.05) is 18.7 Å². The van der Waals surface area contributed by atoms with E-state index in [9.17, 15) is 23.2 Å². The lowest BCUT2D eigenvalue weighted by Gasteiger charge is -2.46. The van der Waals surface area contributed by atoms with Gasteiger partial charge in [0, 0.05) is 54.4 Å². The van der Waals surface area contributed by atoms with E-state index >= 15 is 0 Å². The molecule has 0 N–H and O–H groups in total. The Hall–Kier alpha value is -4.30. The van der Waals surface area contributed by atoms with Crippen molar-refractivity contribution in [3.05, 3.63) is 71.2 Å². The van der Waals surface area contributed by atoms with Gasteiger partial charge in [-0.2, -0.15) is 5.26 Å². The van der Waals surface area contributed by atoms with Gasteiger partial charge in [-0.25, -0.2) is 18.2 Å². The molecule has 6 rings (SSSR count). The summed E-state index contributed by atoms with van der Waals surface area (Å²) in [4.78, 5) is 25.5. The predicted molar refractivity (Wildman–Crippen MR) is 167 cm³/mol. The molecule has 8 nitrogen and oxygen atoms in total. The minimum atomic E-state index is -0.995. The molecule has 1 unspecified atom stereocenters. The molecule has 1 amide bonds. The Morgan fingerprint density at radius 3 is 2.53 bits per heavy atom. The molecule has 0 spiro atoms. The van der Waals surface area contributed by atoms with Gasteiger partial charge in [0.2, 0.25) is 5.88 Å². The zero-order valence-electron chi connectivity index (χ0n) is 25.8. The number of pyridine rings is 1. The van der Waals surface area contributed by atoms with Gasteiger partial charge in [-0.05, 0) is 70.3 Å². The Kier molecular flexibility index (Phi) is 8.35. The van der Waals surface area contributed by atoms with Crippen LogP contribution in [0.3, 0.4) is 0 Å². The number of nitriles is 1. The first-order valence-electron chi connectivity index (χ1n) is 15.4. The second-order valence-electron chi connectivity index (χ2n) is 12.4. The molecule has 3 aliphatic heterocycles. The molecule has 3 atom stereocenters. The van der Waals surface area contributed by atoms with E-state index in [1.165, 1.54) is 17.0 Å². The van der Waals surface area contributed by atoms with Crippen LogP contribution < -0.4 is 14.5 Å². The number of carbonyl (C=O) groups excluding carboxylic acids is 1. The summed E-state index contributed by atoms with van der Waals surface area (Å²) in [6, 6.07) is 9.81. The number of benzene rings is 2. The summed E-state index contributed by atoms with van der Waals surface area (Å²) < 4.78 is 48.6. The molecule has 4 heterocycles. The summed E-state index contributed by atoms with van der Waals surface area (Å²) in [5, 5.41) is 11.7. The molecular formula is C34H37F3N6O2. The highest BCUT2D eigenvalue weighted by Gasteiger charge is 2.38. The van der Waals surface area contributed by atoms with Crippen molar-refractivity contribution < 1.29 is 22.7 Å². The number of ether oxygens (including phenoxy) is 1. The van der Waals surface area contributed by atoms with E-state index in [-0.39, 0.29) is 24.0 Å². The number of aromatic nitrogens is 1. The highest BCUT2D eigenvalue weighted by atomic mass is 19.2. The summed E-state index contributed by atoms with van der Waals surface area (Å²) in [5.41, 5.74) is 3.49.